The molecule has 1 atom stereocenters. The third-order valence-electron chi connectivity index (χ3n) is 1.93. The van der Waals surface area contributed by atoms with Crippen LogP contribution in [-0.2, 0) is 0 Å². The van der Waals surface area contributed by atoms with Crippen molar-refractivity contribution in [1.82, 2.24) is 4.98 Å². The summed E-state index contributed by atoms with van der Waals surface area (Å²) in [4.78, 5) is 14.3. The molecule has 0 saturated heterocycles. The highest BCUT2D eigenvalue weighted by Gasteiger charge is 2.15. The zero-order valence-electron chi connectivity index (χ0n) is 8.73. The maximum Gasteiger partial charge on any atom is 0.311 e. The summed E-state index contributed by atoms with van der Waals surface area (Å²) in [6.07, 6.45) is 1.66. The van der Waals surface area contributed by atoms with Gasteiger partial charge in [-0.1, -0.05) is 6.08 Å². The fourth-order valence-electron chi connectivity index (χ4n) is 1.08. The van der Waals surface area contributed by atoms with Gasteiger partial charge in [-0.2, -0.15) is 0 Å². The fourth-order valence-corrected chi connectivity index (χ4v) is 1.08. The van der Waals surface area contributed by atoms with Crippen LogP contribution in [0.3, 0.4) is 0 Å². The van der Waals surface area contributed by atoms with Crippen LogP contribution in [0.2, 0.25) is 0 Å². The SMILES string of the molecule is C=CC(C)Nc1nc(C)ccc1[N+](=O)[O-]. The van der Waals surface area contributed by atoms with Crippen molar-refractivity contribution in [3.8, 4) is 0 Å². The Hall–Kier alpha value is -1.91. The van der Waals surface area contributed by atoms with E-state index in [1.807, 2.05) is 6.92 Å². The second-order valence-corrected chi connectivity index (χ2v) is 3.25. The van der Waals surface area contributed by atoms with E-state index >= 15 is 0 Å². The van der Waals surface area contributed by atoms with Crippen LogP contribution in [0.5, 0.6) is 0 Å². The lowest BCUT2D eigenvalue weighted by atomic mass is 10.3. The highest BCUT2D eigenvalue weighted by molar-refractivity contribution is 5.56. The number of nitro groups is 1. The van der Waals surface area contributed by atoms with Crippen LogP contribution in [0.15, 0.2) is 24.8 Å². The highest BCUT2D eigenvalue weighted by Crippen LogP contribution is 2.22. The molecule has 5 nitrogen and oxygen atoms in total. The molecular formula is C10H13N3O2. The topological polar surface area (TPSA) is 68.1 Å². The Balaban J connectivity index is 3.07. The first-order valence-electron chi connectivity index (χ1n) is 4.55. The molecule has 0 fully saturated rings. The predicted molar refractivity (Wildman–Crippen MR) is 58.9 cm³/mol. The smallest absolute Gasteiger partial charge is 0.311 e. The number of anilines is 1. The molecule has 0 aliphatic carbocycles. The van der Waals surface area contributed by atoms with Crippen LogP contribution in [0.4, 0.5) is 11.5 Å². The molecule has 0 amide bonds. The number of nitrogens with one attached hydrogen (secondary N) is 1. The Morgan fingerprint density at radius 3 is 2.87 bits per heavy atom. The summed E-state index contributed by atoms with van der Waals surface area (Å²) >= 11 is 0. The quantitative estimate of drug-likeness (QED) is 0.467. The maximum atomic E-state index is 10.7. The normalized spacial score (nSPS) is 11.9. The van der Waals surface area contributed by atoms with Crippen molar-refractivity contribution < 1.29 is 4.92 Å². The van der Waals surface area contributed by atoms with E-state index in [1.165, 1.54) is 6.07 Å². The molecule has 1 rings (SSSR count). The van der Waals surface area contributed by atoms with Crippen molar-refractivity contribution in [2.75, 3.05) is 5.32 Å². The monoisotopic (exact) mass is 207 g/mol. The summed E-state index contributed by atoms with van der Waals surface area (Å²) in [5, 5.41) is 13.6. The van der Waals surface area contributed by atoms with Gasteiger partial charge in [-0.05, 0) is 19.9 Å². The number of aromatic nitrogens is 1. The first kappa shape index (κ1) is 11.2. The average molecular weight is 207 g/mol. The Kier molecular flexibility index (Phi) is 3.38. The molecule has 1 heterocycles. The predicted octanol–water partition coefficient (Wildman–Crippen LogP) is 2.28. The Morgan fingerprint density at radius 1 is 1.67 bits per heavy atom. The molecule has 80 valence electrons. The van der Waals surface area contributed by atoms with Gasteiger partial charge < -0.3 is 5.32 Å². The number of nitrogens with zero attached hydrogens (tertiary/aromatic N) is 2. The molecule has 1 aromatic rings. The van der Waals surface area contributed by atoms with Crippen molar-refractivity contribution in [2.24, 2.45) is 0 Å². The van der Waals surface area contributed by atoms with Crippen LogP contribution in [0, 0.1) is 17.0 Å². The first-order chi connectivity index (χ1) is 7.04. The Bertz CT molecular complexity index is 390. The zero-order chi connectivity index (χ0) is 11.4. The number of rotatable bonds is 4. The van der Waals surface area contributed by atoms with E-state index in [9.17, 15) is 10.1 Å². The van der Waals surface area contributed by atoms with Gasteiger partial charge in [0.05, 0.1) is 4.92 Å². The van der Waals surface area contributed by atoms with E-state index in [0.717, 1.165) is 5.69 Å². The summed E-state index contributed by atoms with van der Waals surface area (Å²) < 4.78 is 0. The summed E-state index contributed by atoms with van der Waals surface area (Å²) in [5.74, 6) is 0.285. The summed E-state index contributed by atoms with van der Waals surface area (Å²) in [7, 11) is 0. The molecule has 15 heavy (non-hydrogen) atoms. The Labute approximate surface area is 88.0 Å². The summed E-state index contributed by atoms with van der Waals surface area (Å²) in [6.45, 7) is 7.23. The van der Waals surface area contributed by atoms with Gasteiger partial charge >= 0.3 is 5.69 Å². The molecule has 0 radical (unpaired) electrons. The molecule has 0 spiro atoms. The standard InChI is InChI=1S/C10H13N3O2/c1-4-7(2)11-10-9(13(14)15)6-5-8(3)12-10/h4-7H,1H2,2-3H3,(H,11,12). The number of pyridine rings is 1. The molecule has 0 aliphatic rings. The van der Waals surface area contributed by atoms with Gasteiger partial charge in [0.25, 0.3) is 0 Å². The minimum atomic E-state index is -0.454. The van der Waals surface area contributed by atoms with Gasteiger partial charge in [-0.15, -0.1) is 6.58 Å². The zero-order valence-corrected chi connectivity index (χ0v) is 8.73. The lowest BCUT2D eigenvalue weighted by Crippen LogP contribution is -2.14. The van der Waals surface area contributed by atoms with Gasteiger partial charge in [0.2, 0.25) is 5.82 Å². The van der Waals surface area contributed by atoms with Crippen molar-refractivity contribution in [1.29, 1.82) is 0 Å². The molecule has 5 heteroatoms. The minimum absolute atomic E-state index is 0.0192. The van der Waals surface area contributed by atoms with Gasteiger partial charge in [0.1, 0.15) is 0 Å². The number of aryl methyl sites for hydroxylation is 1. The van der Waals surface area contributed by atoms with Crippen LogP contribution in [-0.4, -0.2) is 15.9 Å². The van der Waals surface area contributed by atoms with E-state index < -0.39 is 4.92 Å². The number of hydrogen-bond donors (Lipinski definition) is 1. The van der Waals surface area contributed by atoms with E-state index in [-0.39, 0.29) is 17.5 Å². The third kappa shape index (κ3) is 2.77. The van der Waals surface area contributed by atoms with Crippen molar-refractivity contribution in [3.63, 3.8) is 0 Å². The summed E-state index contributed by atoms with van der Waals surface area (Å²) in [6, 6.07) is 3.00. The lowest BCUT2D eigenvalue weighted by Gasteiger charge is -2.10. The average Bonchev–Trinajstić information content (AvgIpc) is 2.17. The molecule has 0 bridgehead atoms. The van der Waals surface area contributed by atoms with Crippen molar-refractivity contribution in [2.45, 2.75) is 19.9 Å². The van der Waals surface area contributed by atoms with Gasteiger partial charge in [0, 0.05) is 17.8 Å². The van der Waals surface area contributed by atoms with Crippen molar-refractivity contribution in [3.05, 3.63) is 40.6 Å². The van der Waals surface area contributed by atoms with E-state index in [1.54, 1.807) is 19.1 Å². The fraction of sp³-hybridized carbons (Fsp3) is 0.300. The highest BCUT2D eigenvalue weighted by atomic mass is 16.6. The Morgan fingerprint density at radius 2 is 2.33 bits per heavy atom. The second-order valence-electron chi connectivity index (χ2n) is 3.25. The largest absolute Gasteiger partial charge is 0.358 e. The molecule has 0 aromatic carbocycles. The van der Waals surface area contributed by atoms with E-state index in [0.29, 0.717) is 0 Å². The number of hydrogen-bond acceptors (Lipinski definition) is 4. The molecule has 0 saturated carbocycles. The van der Waals surface area contributed by atoms with Crippen LogP contribution in [0.1, 0.15) is 12.6 Å². The molecule has 0 aliphatic heterocycles. The third-order valence-corrected chi connectivity index (χ3v) is 1.93. The van der Waals surface area contributed by atoms with Crippen LogP contribution >= 0.6 is 0 Å². The molecular weight excluding hydrogens is 194 g/mol. The van der Waals surface area contributed by atoms with E-state index in [4.69, 9.17) is 0 Å². The molecule has 1 unspecified atom stereocenters. The van der Waals surface area contributed by atoms with Crippen LogP contribution < -0.4 is 5.32 Å². The molecule has 1 N–H and O–H groups in total. The first-order valence-corrected chi connectivity index (χ1v) is 4.55. The lowest BCUT2D eigenvalue weighted by molar-refractivity contribution is -0.384. The summed E-state index contributed by atoms with van der Waals surface area (Å²) in [5.41, 5.74) is 0.716. The second kappa shape index (κ2) is 4.54. The van der Waals surface area contributed by atoms with Gasteiger partial charge in [-0.3, -0.25) is 10.1 Å². The van der Waals surface area contributed by atoms with Crippen molar-refractivity contribution >= 4 is 11.5 Å². The maximum absolute atomic E-state index is 10.7. The minimum Gasteiger partial charge on any atom is -0.358 e. The molecule has 1 aromatic heterocycles. The van der Waals surface area contributed by atoms with E-state index in [2.05, 4.69) is 16.9 Å². The van der Waals surface area contributed by atoms with Gasteiger partial charge in [0.15, 0.2) is 0 Å². The van der Waals surface area contributed by atoms with Gasteiger partial charge in [-0.25, -0.2) is 4.98 Å². The van der Waals surface area contributed by atoms with Crippen LogP contribution in [0.25, 0.3) is 0 Å².